The third-order valence-electron chi connectivity index (χ3n) is 6.42. The highest BCUT2D eigenvalue weighted by Gasteiger charge is 2.48. The monoisotopic (exact) mass is 269 g/mol. The summed E-state index contributed by atoms with van der Waals surface area (Å²) in [5.74, 6) is 4.96. The van der Waals surface area contributed by atoms with Gasteiger partial charge in [-0.25, -0.2) is 0 Å². The maximum atomic E-state index is 6.14. The Hall–Kier alpha value is -0.820. The molecule has 1 aromatic rings. The largest absolute Gasteiger partial charge is 0.324 e. The molecule has 0 spiro atoms. The Bertz CT molecular complexity index is 447. The van der Waals surface area contributed by atoms with Crippen LogP contribution in [0.25, 0.3) is 0 Å². The Morgan fingerprint density at radius 1 is 0.950 bits per heavy atom. The number of nitrogens with two attached hydrogens (primary N) is 1. The van der Waals surface area contributed by atoms with Crippen molar-refractivity contribution in [3.63, 3.8) is 0 Å². The van der Waals surface area contributed by atoms with Gasteiger partial charge in [-0.2, -0.15) is 0 Å². The minimum Gasteiger partial charge on any atom is -0.324 e. The third-order valence-corrected chi connectivity index (χ3v) is 6.42. The standard InChI is InChI=1S/C19H27N/c1-2-18(20)14-3-5-15(6-4-14)19-16-8-12-7-13(10-16)11-17(19)9-12/h3-6,12-13,16-19H,2,7-11,20H2,1H3. The van der Waals surface area contributed by atoms with E-state index in [1.807, 2.05) is 0 Å². The molecule has 4 aliphatic carbocycles. The number of rotatable bonds is 3. The van der Waals surface area contributed by atoms with Crippen molar-refractivity contribution in [1.82, 2.24) is 0 Å². The number of benzene rings is 1. The summed E-state index contributed by atoms with van der Waals surface area (Å²) in [6.07, 6.45) is 8.60. The van der Waals surface area contributed by atoms with E-state index in [-0.39, 0.29) is 6.04 Å². The Labute approximate surface area is 122 Å². The van der Waals surface area contributed by atoms with Crippen molar-refractivity contribution in [3.8, 4) is 0 Å². The first-order valence-electron chi connectivity index (χ1n) is 8.60. The van der Waals surface area contributed by atoms with E-state index in [1.165, 1.54) is 31.2 Å². The molecule has 4 bridgehead atoms. The Morgan fingerprint density at radius 2 is 1.50 bits per heavy atom. The maximum absolute atomic E-state index is 6.14. The highest BCUT2D eigenvalue weighted by molar-refractivity contribution is 5.29. The molecular formula is C19H27N. The second-order valence-corrected chi connectivity index (χ2v) is 7.64. The van der Waals surface area contributed by atoms with Crippen LogP contribution in [0.3, 0.4) is 0 Å². The third kappa shape index (κ3) is 2.02. The summed E-state index contributed by atoms with van der Waals surface area (Å²) >= 11 is 0. The van der Waals surface area contributed by atoms with Crippen molar-refractivity contribution < 1.29 is 0 Å². The van der Waals surface area contributed by atoms with E-state index in [9.17, 15) is 0 Å². The second kappa shape index (κ2) is 4.87. The van der Waals surface area contributed by atoms with Gasteiger partial charge in [-0.15, -0.1) is 0 Å². The molecule has 1 aromatic carbocycles. The van der Waals surface area contributed by atoms with Gasteiger partial charge in [0.2, 0.25) is 0 Å². The SMILES string of the molecule is CCC(N)c1ccc(C2C3CC4CC(C3)CC2C4)cc1. The van der Waals surface area contributed by atoms with Gasteiger partial charge in [0.25, 0.3) is 0 Å². The number of hydrogen-bond acceptors (Lipinski definition) is 1. The highest BCUT2D eigenvalue weighted by Crippen LogP contribution is 2.59. The van der Waals surface area contributed by atoms with Crippen molar-refractivity contribution >= 4 is 0 Å². The number of hydrogen-bond donors (Lipinski definition) is 1. The molecule has 4 aliphatic rings. The van der Waals surface area contributed by atoms with Crippen molar-refractivity contribution in [1.29, 1.82) is 0 Å². The molecule has 1 unspecified atom stereocenters. The van der Waals surface area contributed by atoms with E-state index in [2.05, 4.69) is 31.2 Å². The second-order valence-electron chi connectivity index (χ2n) is 7.64. The quantitative estimate of drug-likeness (QED) is 0.850. The van der Waals surface area contributed by atoms with Gasteiger partial charge >= 0.3 is 0 Å². The molecule has 0 amide bonds. The van der Waals surface area contributed by atoms with E-state index in [4.69, 9.17) is 5.73 Å². The summed E-state index contributed by atoms with van der Waals surface area (Å²) in [7, 11) is 0. The highest BCUT2D eigenvalue weighted by atomic mass is 14.6. The Balaban J connectivity index is 1.58. The topological polar surface area (TPSA) is 26.0 Å². The van der Waals surface area contributed by atoms with E-state index >= 15 is 0 Å². The minimum atomic E-state index is 0.211. The lowest BCUT2D eigenvalue weighted by atomic mass is 9.51. The average molecular weight is 269 g/mol. The zero-order valence-corrected chi connectivity index (χ0v) is 12.6. The van der Waals surface area contributed by atoms with Crippen LogP contribution >= 0.6 is 0 Å². The molecular weight excluding hydrogens is 242 g/mol. The molecule has 1 nitrogen and oxygen atoms in total. The van der Waals surface area contributed by atoms with Crippen LogP contribution in [0.5, 0.6) is 0 Å². The molecule has 0 radical (unpaired) electrons. The molecule has 1 atom stereocenters. The molecule has 5 rings (SSSR count). The van der Waals surface area contributed by atoms with Crippen LogP contribution in [0.4, 0.5) is 0 Å². The predicted molar refractivity (Wildman–Crippen MR) is 83.4 cm³/mol. The fourth-order valence-electron chi connectivity index (χ4n) is 5.67. The summed E-state index contributed by atoms with van der Waals surface area (Å²) in [6, 6.07) is 9.56. The first-order valence-corrected chi connectivity index (χ1v) is 8.60. The molecule has 1 heteroatoms. The van der Waals surface area contributed by atoms with Gasteiger partial charge in [0.15, 0.2) is 0 Å². The van der Waals surface area contributed by atoms with Gasteiger partial charge in [-0.3, -0.25) is 0 Å². The smallest absolute Gasteiger partial charge is 0.0292 e. The van der Waals surface area contributed by atoms with Crippen molar-refractivity contribution in [2.45, 2.75) is 57.4 Å². The van der Waals surface area contributed by atoms with Crippen molar-refractivity contribution in [2.75, 3.05) is 0 Å². The average Bonchev–Trinajstić information content (AvgIpc) is 2.46. The van der Waals surface area contributed by atoms with Gasteiger partial charge in [0.05, 0.1) is 0 Å². The lowest BCUT2D eigenvalue weighted by Gasteiger charge is -2.54. The van der Waals surface area contributed by atoms with Crippen molar-refractivity contribution in [2.24, 2.45) is 29.4 Å². The molecule has 0 heterocycles. The van der Waals surface area contributed by atoms with Crippen LogP contribution in [0, 0.1) is 23.7 Å². The zero-order valence-electron chi connectivity index (χ0n) is 12.6. The van der Waals surface area contributed by atoms with Gasteiger partial charge in [-0.1, -0.05) is 31.2 Å². The van der Waals surface area contributed by atoms with Gasteiger partial charge in [0.1, 0.15) is 0 Å². The summed E-state index contributed by atoms with van der Waals surface area (Å²) in [5, 5.41) is 0. The molecule has 4 fully saturated rings. The van der Waals surface area contributed by atoms with Crippen LogP contribution < -0.4 is 5.73 Å². The van der Waals surface area contributed by atoms with Crippen LogP contribution in [-0.4, -0.2) is 0 Å². The summed E-state index contributed by atoms with van der Waals surface area (Å²) < 4.78 is 0. The van der Waals surface area contributed by atoms with Crippen molar-refractivity contribution in [3.05, 3.63) is 35.4 Å². The van der Waals surface area contributed by atoms with Crippen LogP contribution in [-0.2, 0) is 0 Å². The van der Waals surface area contributed by atoms with E-state index < -0.39 is 0 Å². The lowest BCUT2D eigenvalue weighted by molar-refractivity contribution is -0.00278. The predicted octanol–water partition coefficient (Wildman–Crippen LogP) is 4.64. The summed E-state index contributed by atoms with van der Waals surface area (Å²) in [6.45, 7) is 2.16. The summed E-state index contributed by atoms with van der Waals surface area (Å²) in [5.41, 5.74) is 9.05. The molecule has 0 saturated heterocycles. The Morgan fingerprint density at radius 3 is 2.00 bits per heavy atom. The Kier molecular flexibility index (Phi) is 3.14. The van der Waals surface area contributed by atoms with E-state index in [1.54, 1.807) is 12.0 Å². The summed E-state index contributed by atoms with van der Waals surface area (Å²) in [4.78, 5) is 0. The minimum absolute atomic E-state index is 0.211. The molecule has 0 aliphatic heterocycles. The maximum Gasteiger partial charge on any atom is 0.0292 e. The first kappa shape index (κ1) is 12.9. The normalized spacial score (nSPS) is 40.0. The van der Waals surface area contributed by atoms with Crippen LogP contribution in [0.15, 0.2) is 24.3 Å². The zero-order chi connectivity index (χ0) is 13.7. The molecule has 20 heavy (non-hydrogen) atoms. The lowest BCUT2D eigenvalue weighted by Crippen LogP contribution is -2.43. The molecule has 4 saturated carbocycles. The van der Waals surface area contributed by atoms with Gasteiger partial charge in [0, 0.05) is 6.04 Å². The molecule has 108 valence electrons. The van der Waals surface area contributed by atoms with Gasteiger partial charge < -0.3 is 5.73 Å². The van der Waals surface area contributed by atoms with E-state index in [0.29, 0.717) is 0 Å². The van der Waals surface area contributed by atoms with Crippen LogP contribution in [0.2, 0.25) is 0 Å². The molecule has 2 N–H and O–H groups in total. The van der Waals surface area contributed by atoms with Gasteiger partial charge in [-0.05, 0) is 79.2 Å². The fraction of sp³-hybridized carbons (Fsp3) is 0.684. The van der Waals surface area contributed by atoms with E-state index in [0.717, 1.165) is 36.0 Å². The fourth-order valence-corrected chi connectivity index (χ4v) is 5.67. The molecule has 0 aromatic heterocycles. The first-order chi connectivity index (χ1) is 9.74. The van der Waals surface area contributed by atoms with Crippen LogP contribution in [0.1, 0.15) is 68.5 Å².